The monoisotopic (exact) mass is 255 g/mol. The summed E-state index contributed by atoms with van der Waals surface area (Å²) in [6.45, 7) is 12.3. The molecule has 2 fully saturated rings. The number of rotatable bonds is 5. The molecule has 106 valence electrons. The molecule has 0 aliphatic carbocycles. The lowest BCUT2D eigenvalue weighted by Gasteiger charge is -2.32. The molecule has 0 saturated carbocycles. The molecule has 18 heavy (non-hydrogen) atoms. The lowest BCUT2D eigenvalue weighted by molar-refractivity contribution is -0.0331. The SMILES string of the molecule is CC(C)NCC1CCN(CC2CN(C)CCO2)C1. The lowest BCUT2D eigenvalue weighted by atomic mass is 10.1. The number of ether oxygens (including phenoxy) is 1. The highest BCUT2D eigenvalue weighted by atomic mass is 16.5. The van der Waals surface area contributed by atoms with Crippen LogP contribution in [0.3, 0.4) is 0 Å². The average molecular weight is 255 g/mol. The Morgan fingerprint density at radius 2 is 2.11 bits per heavy atom. The standard InChI is InChI=1S/C14H29N3O/c1-12(2)15-8-13-4-5-17(9-13)11-14-10-16(3)6-7-18-14/h12-15H,4-11H2,1-3H3. The zero-order valence-electron chi connectivity index (χ0n) is 12.2. The summed E-state index contributed by atoms with van der Waals surface area (Å²) in [5.41, 5.74) is 0. The van der Waals surface area contributed by atoms with Crippen LogP contribution in [-0.2, 0) is 4.74 Å². The molecule has 2 atom stereocenters. The van der Waals surface area contributed by atoms with E-state index in [2.05, 4.69) is 36.0 Å². The third-order valence-electron chi connectivity index (χ3n) is 3.99. The Morgan fingerprint density at radius 3 is 2.83 bits per heavy atom. The van der Waals surface area contributed by atoms with Gasteiger partial charge in [-0.3, -0.25) is 0 Å². The Hall–Kier alpha value is -0.160. The Bertz CT molecular complexity index is 247. The Labute approximate surface area is 112 Å². The Balaban J connectivity index is 1.66. The first-order valence-corrected chi connectivity index (χ1v) is 7.39. The van der Waals surface area contributed by atoms with Crippen molar-refractivity contribution >= 4 is 0 Å². The van der Waals surface area contributed by atoms with Crippen LogP contribution in [0.5, 0.6) is 0 Å². The second-order valence-electron chi connectivity index (χ2n) is 6.23. The van der Waals surface area contributed by atoms with Gasteiger partial charge in [0.1, 0.15) is 0 Å². The van der Waals surface area contributed by atoms with E-state index in [1.807, 2.05) is 0 Å². The summed E-state index contributed by atoms with van der Waals surface area (Å²) < 4.78 is 5.84. The maximum atomic E-state index is 5.84. The van der Waals surface area contributed by atoms with Crippen molar-refractivity contribution in [3.8, 4) is 0 Å². The van der Waals surface area contributed by atoms with Crippen LogP contribution in [0.25, 0.3) is 0 Å². The van der Waals surface area contributed by atoms with Crippen molar-refractivity contribution in [1.82, 2.24) is 15.1 Å². The fraction of sp³-hybridized carbons (Fsp3) is 1.00. The second-order valence-corrected chi connectivity index (χ2v) is 6.23. The highest BCUT2D eigenvalue weighted by molar-refractivity contribution is 4.81. The molecule has 2 unspecified atom stereocenters. The first-order valence-electron chi connectivity index (χ1n) is 7.39. The largest absolute Gasteiger partial charge is 0.374 e. The first kappa shape index (κ1) is 14.3. The minimum atomic E-state index is 0.417. The van der Waals surface area contributed by atoms with Crippen molar-refractivity contribution in [2.75, 3.05) is 52.9 Å². The van der Waals surface area contributed by atoms with Crippen LogP contribution in [-0.4, -0.2) is 74.9 Å². The average Bonchev–Trinajstić information content (AvgIpc) is 2.74. The van der Waals surface area contributed by atoms with E-state index < -0.39 is 0 Å². The van der Waals surface area contributed by atoms with Gasteiger partial charge in [0.15, 0.2) is 0 Å². The highest BCUT2D eigenvalue weighted by Gasteiger charge is 2.26. The third kappa shape index (κ3) is 4.50. The van der Waals surface area contributed by atoms with E-state index in [0.717, 1.165) is 32.2 Å². The third-order valence-corrected chi connectivity index (χ3v) is 3.99. The van der Waals surface area contributed by atoms with E-state index in [9.17, 15) is 0 Å². The number of hydrogen-bond acceptors (Lipinski definition) is 4. The summed E-state index contributed by atoms with van der Waals surface area (Å²) >= 11 is 0. The molecule has 0 spiro atoms. The molecule has 0 amide bonds. The van der Waals surface area contributed by atoms with Gasteiger partial charge < -0.3 is 19.9 Å². The van der Waals surface area contributed by atoms with Gasteiger partial charge in [0.25, 0.3) is 0 Å². The van der Waals surface area contributed by atoms with E-state index in [0.29, 0.717) is 12.1 Å². The van der Waals surface area contributed by atoms with Crippen molar-refractivity contribution in [3.63, 3.8) is 0 Å². The molecule has 1 N–H and O–H groups in total. The molecular formula is C14H29N3O. The van der Waals surface area contributed by atoms with Crippen LogP contribution in [0.4, 0.5) is 0 Å². The van der Waals surface area contributed by atoms with Gasteiger partial charge in [0.05, 0.1) is 12.7 Å². The van der Waals surface area contributed by atoms with Crippen molar-refractivity contribution in [3.05, 3.63) is 0 Å². The maximum absolute atomic E-state index is 5.84. The topological polar surface area (TPSA) is 27.7 Å². The number of likely N-dealkylation sites (tertiary alicyclic amines) is 1. The molecule has 2 rings (SSSR count). The molecule has 0 aromatic rings. The Morgan fingerprint density at radius 1 is 1.28 bits per heavy atom. The minimum absolute atomic E-state index is 0.417. The van der Waals surface area contributed by atoms with Crippen LogP contribution < -0.4 is 5.32 Å². The fourth-order valence-corrected chi connectivity index (χ4v) is 2.91. The first-order chi connectivity index (χ1) is 8.63. The van der Waals surface area contributed by atoms with E-state index in [1.54, 1.807) is 0 Å². The van der Waals surface area contributed by atoms with Gasteiger partial charge >= 0.3 is 0 Å². The molecule has 2 aliphatic heterocycles. The fourth-order valence-electron chi connectivity index (χ4n) is 2.91. The van der Waals surface area contributed by atoms with Crippen LogP contribution in [0.1, 0.15) is 20.3 Å². The maximum Gasteiger partial charge on any atom is 0.0829 e. The van der Waals surface area contributed by atoms with Gasteiger partial charge in [-0.25, -0.2) is 0 Å². The van der Waals surface area contributed by atoms with Gasteiger partial charge in [-0.05, 0) is 32.5 Å². The molecule has 2 heterocycles. The quantitative estimate of drug-likeness (QED) is 0.780. The van der Waals surface area contributed by atoms with Crippen molar-refractivity contribution in [1.29, 1.82) is 0 Å². The lowest BCUT2D eigenvalue weighted by Crippen LogP contribution is -2.45. The van der Waals surface area contributed by atoms with Gasteiger partial charge in [0, 0.05) is 32.2 Å². The molecule has 2 aliphatic rings. The van der Waals surface area contributed by atoms with E-state index in [1.165, 1.54) is 26.1 Å². The molecule has 4 heteroatoms. The summed E-state index contributed by atoms with van der Waals surface area (Å²) in [6.07, 6.45) is 1.75. The van der Waals surface area contributed by atoms with Gasteiger partial charge in [-0.2, -0.15) is 0 Å². The number of nitrogens with zero attached hydrogens (tertiary/aromatic N) is 2. The predicted octanol–water partition coefficient (Wildman–Crippen LogP) is 0.637. The number of likely N-dealkylation sites (N-methyl/N-ethyl adjacent to an activating group) is 1. The van der Waals surface area contributed by atoms with Crippen LogP contribution in [0.15, 0.2) is 0 Å². The molecule has 0 bridgehead atoms. The van der Waals surface area contributed by atoms with Gasteiger partial charge in [-0.15, -0.1) is 0 Å². The van der Waals surface area contributed by atoms with Crippen molar-refractivity contribution in [2.24, 2.45) is 5.92 Å². The summed E-state index contributed by atoms with van der Waals surface area (Å²) in [5.74, 6) is 0.828. The molecular weight excluding hydrogens is 226 g/mol. The highest BCUT2D eigenvalue weighted by Crippen LogP contribution is 2.17. The van der Waals surface area contributed by atoms with Gasteiger partial charge in [0.2, 0.25) is 0 Å². The second kappa shape index (κ2) is 6.85. The van der Waals surface area contributed by atoms with Crippen molar-refractivity contribution < 1.29 is 4.74 Å². The Kier molecular flexibility index (Phi) is 5.42. The number of morpholine rings is 1. The molecule has 2 saturated heterocycles. The number of nitrogens with one attached hydrogen (secondary N) is 1. The van der Waals surface area contributed by atoms with Gasteiger partial charge in [-0.1, -0.05) is 13.8 Å². The normalized spacial score (nSPS) is 31.3. The predicted molar refractivity (Wildman–Crippen MR) is 74.9 cm³/mol. The zero-order chi connectivity index (χ0) is 13.0. The molecule has 4 nitrogen and oxygen atoms in total. The van der Waals surface area contributed by atoms with Crippen LogP contribution in [0.2, 0.25) is 0 Å². The van der Waals surface area contributed by atoms with Crippen LogP contribution in [0, 0.1) is 5.92 Å². The smallest absolute Gasteiger partial charge is 0.0829 e. The summed E-state index contributed by atoms with van der Waals surface area (Å²) in [6, 6.07) is 0.606. The zero-order valence-corrected chi connectivity index (χ0v) is 12.2. The van der Waals surface area contributed by atoms with Crippen molar-refractivity contribution in [2.45, 2.75) is 32.4 Å². The van der Waals surface area contributed by atoms with E-state index in [-0.39, 0.29) is 0 Å². The van der Waals surface area contributed by atoms with E-state index >= 15 is 0 Å². The molecule has 0 aromatic carbocycles. The van der Waals surface area contributed by atoms with E-state index in [4.69, 9.17) is 4.74 Å². The summed E-state index contributed by atoms with van der Waals surface area (Å²) in [7, 11) is 2.19. The summed E-state index contributed by atoms with van der Waals surface area (Å²) in [5, 5.41) is 3.55. The van der Waals surface area contributed by atoms with Crippen LogP contribution >= 0.6 is 0 Å². The number of hydrogen-bond donors (Lipinski definition) is 1. The summed E-state index contributed by atoms with van der Waals surface area (Å²) in [4.78, 5) is 4.96. The molecule has 0 radical (unpaired) electrons. The minimum Gasteiger partial charge on any atom is -0.374 e. The molecule has 0 aromatic heterocycles.